The van der Waals surface area contributed by atoms with E-state index in [4.69, 9.17) is 4.74 Å². The van der Waals surface area contributed by atoms with Crippen molar-refractivity contribution in [1.29, 1.82) is 0 Å². The third kappa shape index (κ3) is 3.75. The molecule has 20 heavy (non-hydrogen) atoms. The van der Waals surface area contributed by atoms with Crippen molar-refractivity contribution >= 4 is 5.91 Å². The summed E-state index contributed by atoms with van der Waals surface area (Å²) < 4.78 is 5.22. The van der Waals surface area contributed by atoms with Crippen LogP contribution in [0.4, 0.5) is 0 Å². The molecule has 110 valence electrons. The van der Waals surface area contributed by atoms with E-state index in [2.05, 4.69) is 17.9 Å². The summed E-state index contributed by atoms with van der Waals surface area (Å²) in [6.07, 6.45) is 6.28. The second kappa shape index (κ2) is 7.32. The number of nitrogens with zero attached hydrogens (tertiary/aromatic N) is 1. The number of carbonyl (C=O) groups is 1. The molecule has 0 unspecified atom stereocenters. The summed E-state index contributed by atoms with van der Waals surface area (Å²) in [5.74, 6) is 1.15. The van der Waals surface area contributed by atoms with Gasteiger partial charge < -0.3 is 9.64 Å². The molecule has 1 aromatic rings. The van der Waals surface area contributed by atoms with Gasteiger partial charge in [-0.25, -0.2) is 0 Å². The molecular weight excluding hydrogens is 250 g/mol. The summed E-state index contributed by atoms with van der Waals surface area (Å²) in [7, 11) is 1.67. The zero-order valence-electron chi connectivity index (χ0n) is 12.6. The normalized spacial score (nSPS) is 15.3. The molecule has 0 aromatic heterocycles. The number of amides is 1. The Balaban J connectivity index is 1.89. The third-order valence-corrected chi connectivity index (χ3v) is 4.19. The van der Waals surface area contributed by atoms with Crippen LogP contribution >= 0.6 is 0 Å². The van der Waals surface area contributed by atoms with Gasteiger partial charge in [0, 0.05) is 19.0 Å². The number of carbonyl (C=O) groups excluding carboxylic acids is 1. The van der Waals surface area contributed by atoms with Crippen LogP contribution in [0.15, 0.2) is 24.3 Å². The van der Waals surface area contributed by atoms with E-state index < -0.39 is 0 Å². The highest BCUT2D eigenvalue weighted by molar-refractivity contribution is 5.76. The predicted octanol–water partition coefficient (Wildman–Crippen LogP) is 3.42. The number of hydrogen-bond acceptors (Lipinski definition) is 2. The minimum atomic E-state index is 0.294. The Morgan fingerprint density at radius 1 is 1.35 bits per heavy atom. The molecule has 0 bridgehead atoms. The predicted molar refractivity (Wildman–Crippen MR) is 81.0 cm³/mol. The molecule has 0 heterocycles. The second-order valence-corrected chi connectivity index (χ2v) is 5.47. The van der Waals surface area contributed by atoms with Crippen LogP contribution in [-0.4, -0.2) is 30.5 Å². The second-order valence-electron chi connectivity index (χ2n) is 5.47. The highest BCUT2D eigenvalue weighted by Crippen LogP contribution is 2.24. The van der Waals surface area contributed by atoms with E-state index in [1.807, 2.05) is 18.2 Å². The van der Waals surface area contributed by atoms with Gasteiger partial charge in [0.25, 0.3) is 0 Å². The van der Waals surface area contributed by atoms with Gasteiger partial charge in [-0.2, -0.15) is 0 Å². The molecule has 1 aliphatic rings. The number of benzene rings is 1. The molecule has 3 heteroatoms. The van der Waals surface area contributed by atoms with Crippen molar-refractivity contribution in [3.05, 3.63) is 29.8 Å². The monoisotopic (exact) mass is 275 g/mol. The smallest absolute Gasteiger partial charge is 0.223 e. The fraction of sp³-hybridized carbons (Fsp3) is 0.588. The van der Waals surface area contributed by atoms with E-state index in [1.165, 1.54) is 31.2 Å². The number of rotatable bonds is 6. The van der Waals surface area contributed by atoms with Crippen LogP contribution < -0.4 is 4.74 Å². The maximum Gasteiger partial charge on any atom is 0.223 e. The Hall–Kier alpha value is -1.51. The summed E-state index contributed by atoms with van der Waals surface area (Å²) in [5.41, 5.74) is 1.17. The fourth-order valence-corrected chi connectivity index (χ4v) is 3.08. The summed E-state index contributed by atoms with van der Waals surface area (Å²) in [5, 5.41) is 0. The number of ether oxygens (including phenoxy) is 1. The average molecular weight is 275 g/mol. The summed E-state index contributed by atoms with van der Waals surface area (Å²) in [6, 6.07) is 8.47. The molecule has 1 saturated carbocycles. The molecule has 1 aliphatic carbocycles. The van der Waals surface area contributed by atoms with Gasteiger partial charge in [-0.05, 0) is 43.9 Å². The molecule has 1 fully saturated rings. The molecule has 0 atom stereocenters. The van der Waals surface area contributed by atoms with Crippen LogP contribution in [0.3, 0.4) is 0 Å². The van der Waals surface area contributed by atoms with E-state index in [0.717, 1.165) is 18.7 Å². The quantitative estimate of drug-likeness (QED) is 0.796. The SMILES string of the molecule is CCN(C(=O)CCc1cccc(OC)c1)C1CCCC1. The van der Waals surface area contributed by atoms with Gasteiger partial charge in [-0.3, -0.25) is 4.79 Å². The summed E-state index contributed by atoms with van der Waals surface area (Å²) >= 11 is 0. The van der Waals surface area contributed by atoms with Crippen molar-refractivity contribution in [2.24, 2.45) is 0 Å². The zero-order chi connectivity index (χ0) is 14.4. The Morgan fingerprint density at radius 2 is 2.10 bits per heavy atom. The standard InChI is InChI=1S/C17H25NO2/c1-3-18(15-8-4-5-9-15)17(19)12-11-14-7-6-10-16(13-14)20-2/h6-7,10,13,15H,3-5,8-9,11-12H2,1-2H3. The number of methoxy groups -OCH3 is 1. The molecule has 3 nitrogen and oxygen atoms in total. The molecule has 2 rings (SSSR count). The van der Waals surface area contributed by atoms with Crippen molar-refractivity contribution in [2.45, 2.75) is 51.5 Å². The Morgan fingerprint density at radius 3 is 2.75 bits per heavy atom. The van der Waals surface area contributed by atoms with E-state index >= 15 is 0 Å². The molecule has 0 N–H and O–H groups in total. The van der Waals surface area contributed by atoms with Crippen LogP contribution in [0, 0.1) is 0 Å². The Labute approximate surface area is 121 Å². The van der Waals surface area contributed by atoms with Gasteiger partial charge in [0.2, 0.25) is 5.91 Å². The van der Waals surface area contributed by atoms with Crippen LogP contribution in [0.1, 0.15) is 44.6 Å². The van der Waals surface area contributed by atoms with Gasteiger partial charge in [-0.1, -0.05) is 25.0 Å². The molecule has 1 amide bonds. The van der Waals surface area contributed by atoms with Crippen LogP contribution in [0.25, 0.3) is 0 Å². The first kappa shape index (κ1) is 14.9. The van der Waals surface area contributed by atoms with Crippen molar-refractivity contribution in [3.8, 4) is 5.75 Å². The van der Waals surface area contributed by atoms with Crippen molar-refractivity contribution < 1.29 is 9.53 Å². The fourth-order valence-electron chi connectivity index (χ4n) is 3.08. The van der Waals surface area contributed by atoms with E-state index in [9.17, 15) is 4.79 Å². The lowest BCUT2D eigenvalue weighted by Crippen LogP contribution is -2.38. The first-order chi connectivity index (χ1) is 9.74. The Kier molecular flexibility index (Phi) is 5.45. The van der Waals surface area contributed by atoms with Gasteiger partial charge in [0.05, 0.1) is 7.11 Å². The Bertz CT molecular complexity index is 438. The van der Waals surface area contributed by atoms with Gasteiger partial charge >= 0.3 is 0 Å². The lowest BCUT2D eigenvalue weighted by Gasteiger charge is -2.27. The molecule has 1 aromatic carbocycles. The van der Waals surface area contributed by atoms with Crippen LogP contribution in [0.2, 0.25) is 0 Å². The largest absolute Gasteiger partial charge is 0.497 e. The van der Waals surface area contributed by atoms with Gasteiger partial charge in [0.1, 0.15) is 5.75 Å². The van der Waals surface area contributed by atoms with E-state index in [-0.39, 0.29) is 0 Å². The van der Waals surface area contributed by atoms with E-state index in [1.54, 1.807) is 7.11 Å². The average Bonchev–Trinajstić information content (AvgIpc) is 3.00. The molecule has 0 radical (unpaired) electrons. The third-order valence-electron chi connectivity index (χ3n) is 4.19. The highest BCUT2D eigenvalue weighted by atomic mass is 16.5. The highest BCUT2D eigenvalue weighted by Gasteiger charge is 2.24. The molecule has 0 spiro atoms. The van der Waals surface area contributed by atoms with Crippen molar-refractivity contribution in [3.63, 3.8) is 0 Å². The number of hydrogen-bond donors (Lipinski definition) is 0. The van der Waals surface area contributed by atoms with Crippen molar-refractivity contribution in [2.75, 3.05) is 13.7 Å². The van der Waals surface area contributed by atoms with Gasteiger partial charge in [0.15, 0.2) is 0 Å². The van der Waals surface area contributed by atoms with Crippen LogP contribution in [0.5, 0.6) is 5.75 Å². The van der Waals surface area contributed by atoms with Crippen LogP contribution in [-0.2, 0) is 11.2 Å². The number of aryl methyl sites for hydroxylation is 1. The van der Waals surface area contributed by atoms with E-state index in [0.29, 0.717) is 18.4 Å². The maximum absolute atomic E-state index is 12.4. The lowest BCUT2D eigenvalue weighted by atomic mass is 10.1. The minimum Gasteiger partial charge on any atom is -0.497 e. The molecule has 0 aliphatic heterocycles. The minimum absolute atomic E-state index is 0.294. The summed E-state index contributed by atoms with van der Waals surface area (Å²) in [4.78, 5) is 14.5. The van der Waals surface area contributed by atoms with Crippen molar-refractivity contribution in [1.82, 2.24) is 4.90 Å². The zero-order valence-corrected chi connectivity index (χ0v) is 12.6. The summed E-state index contributed by atoms with van der Waals surface area (Å²) in [6.45, 7) is 2.92. The lowest BCUT2D eigenvalue weighted by molar-refractivity contribution is -0.133. The van der Waals surface area contributed by atoms with Gasteiger partial charge in [-0.15, -0.1) is 0 Å². The maximum atomic E-state index is 12.4. The first-order valence-corrected chi connectivity index (χ1v) is 7.67. The molecular formula is C17H25NO2. The topological polar surface area (TPSA) is 29.5 Å². The molecule has 0 saturated heterocycles. The first-order valence-electron chi connectivity index (χ1n) is 7.67.